The first-order valence-electron chi connectivity index (χ1n) is 19.8. The molecule has 4 aromatic rings. The van der Waals surface area contributed by atoms with Crippen molar-refractivity contribution in [2.45, 2.75) is 70.1 Å². The van der Waals surface area contributed by atoms with E-state index >= 15 is 0 Å². The first kappa shape index (κ1) is 41.6. The number of hydrogen-bond donors (Lipinski definition) is 2. The van der Waals surface area contributed by atoms with Crippen LogP contribution in [0.5, 0.6) is 46.0 Å². The average molecular weight is 798 g/mol. The number of fused-ring (bicyclic) bond motifs is 1. The standard InChI is InChI=1S/C45H55N3O10/c1-50-37-23-29(44-46-33-18-14-13-17-32(33)45(49)47-44)19-20-35(37)56-21-15-11-9-7-8-10-12-16-22-57-43-40(53-4)24-30(25-41(43)54-5)34-28-36(58-48-34)31-26-38(51-2)42(55-6)39(27-31)52-3/h13-14,17-20,23-27,36,44,46H,7-12,15-16,21-22,28H2,1-6H3,(H,47,49). The number of carbonyl (C=O) groups is 1. The van der Waals surface area contributed by atoms with E-state index in [1.54, 1.807) is 42.7 Å². The molecule has 2 aliphatic rings. The second kappa shape index (κ2) is 20.4. The number of methoxy groups -OCH3 is 6. The van der Waals surface area contributed by atoms with Gasteiger partial charge in [-0.3, -0.25) is 4.79 Å². The van der Waals surface area contributed by atoms with Gasteiger partial charge in [-0.05, 0) is 66.9 Å². The third-order valence-electron chi connectivity index (χ3n) is 10.3. The van der Waals surface area contributed by atoms with Gasteiger partial charge in [-0.15, -0.1) is 0 Å². The Bertz CT molecular complexity index is 1990. The Morgan fingerprint density at radius 3 is 1.78 bits per heavy atom. The third-order valence-corrected chi connectivity index (χ3v) is 10.3. The molecule has 2 aliphatic heterocycles. The number of nitrogens with one attached hydrogen (secondary N) is 2. The van der Waals surface area contributed by atoms with E-state index in [1.165, 1.54) is 12.8 Å². The van der Waals surface area contributed by atoms with E-state index in [4.69, 9.17) is 42.7 Å². The van der Waals surface area contributed by atoms with Crippen LogP contribution in [0.3, 0.4) is 0 Å². The summed E-state index contributed by atoms with van der Waals surface area (Å²) in [4.78, 5) is 18.4. The van der Waals surface area contributed by atoms with E-state index in [0.717, 1.165) is 66.6 Å². The predicted octanol–water partition coefficient (Wildman–Crippen LogP) is 9.04. The molecule has 2 unspecified atom stereocenters. The number of ether oxygens (including phenoxy) is 8. The minimum Gasteiger partial charge on any atom is -0.493 e. The van der Waals surface area contributed by atoms with E-state index in [9.17, 15) is 4.79 Å². The molecule has 0 aliphatic carbocycles. The highest BCUT2D eigenvalue weighted by molar-refractivity contribution is 6.02. The molecular weight excluding hydrogens is 743 g/mol. The van der Waals surface area contributed by atoms with E-state index < -0.39 is 0 Å². The molecule has 0 radical (unpaired) electrons. The van der Waals surface area contributed by atoms with Crippen LogP contribution in [0, 0.1) is 0 Å². The molecule has 0 aromatic heterocycles. The van der Waals surface area contributed by atoms with Crippen LogP contribution in [0.2, 0.25) is 0 Å². The number of rotatable bonds is 22. The fourth-order valence-electron chi connectivity index (χ4n) is 7.18. The van der Waals surface area contributed by atoms with Gasteiger partial charge in [-0.2, -0.15) is 0 Å². The number of oxime groups is 1. The smallest absolute Gasteiger partial charge is 0.255 e. The fraction of sp³-hybridized carbons (Fsp3) is 0.422. The maximum absolute atomic E-state index is 12.6. The van der Waals surface area contributed by atoms with Crippen molar-refractivity contribution < 1.29 is 47.5 Å². The minimum atomic E-state index is -0.351. The van der Waals surface area contributed by atoms with Crippen LogP contribution in [0.1, 0.15) is 97.1 Å². The van der Waals surface area contributed by atoms with Crippen molar-refractivity contribution in [2.75, 3.05) is 61.2 Å². The van der Waals surface area contributed by atoms with Gasteiger partial charge in [-0.25, -0.2) is 0 Å². The average Bonchev–Trinajstić information content (AvgIpc) is 3.76. The van der Waals surface area contributed by atoms with Crippen molar-refractivity contribution in [3.8, 4) is 46.0 Å². The van der Waals surface area contributed by atoms with Gasteiger partial charge in [0, 0.05) is 23.2 Å². The Morgan fingerprint density at radius 1 is 0.586 bits per heavy atom. The zero-order chi connectivity index (χ0) is 40.9. The summed E-state index contributed by atoms with van der Waals surface area (Å²) in [6.45, 7) is 1.17. The second-order valence-electron chi connectivity index (χ2n) is 14.0. The molecule has 58 heavy (non-hydrogen) atoms. The molecule has 6 rings (SSSR count). The molecule has 0 fully saturated rings. The summed E-state index contributed by atoms with van der Waals surface area (Å²) < 4.78 is 45.9. The van der Waals surface area contributed by atoms with Crippen LogP contribution in [0.4, 0.5) is 5.69 Å². The van der Waals surface area contributed by atoms with Crippen molar-refractivity contribution in [1.29, 1.82) is 0 Å². The van der Waals surface area contributed by atoms with E-state index in [0.29, 0.717) is 71.2 Å². The maximum Gasteiger partial charge on any atom is 0.255 e. The van der Waals surface area contributed by atoms with Gasteiger partial charge in [0.15, 0.2) is 40.6 Å². The van der Waals surface area contributed by atoms with Gasteiger partial charge in [0.25, 0.3) is 5.91 Å². The Kier molecular flexibility index (Phi) is 14.7. The second-order valence-corrected chi connectivity index (χ2v) is 14.0. The molecule has 4 aromatic carbocycles. The summed E-state index contributed by atoms with van der Waals surface area (Å²) >= 11 is 0. The number of para-hydroxylation sites is 1. The van der Waals surface area contributed by atoms with Gasteiger partial charge in [0.05, 0.1) is 67.1 Å². The molecule has 0 spiro atoms. The molecule has 2 heterocycles. The van der Waals surface area contributed by atoms with Crippen LogP contribution >= 0.6 is 0 Å². The fourth-order valence-corrected chi connectivity index (χ4v) is 7.18. The molecule has 2 N–H and O–H groups in total. The number of benzene rings is 4. The van der Waals surface area contributed by atoms with Crippen molar-refractivity contribution in [3.05, 3.63) is 89.0 Å². The summed E-state index contributed by atoms with van der Waals surface area (Å²) in [5, 5.41) is 10.8. The maximum atomic E-state index is 12.6. The molecule has 310 valence electrons. The van der Waals surface area contributed by atoms with E-state index in [-0.39, 0.29) is 18.2 Å². The lowest BCUT2D eigenvalue weighted by atomic mass is 9.99. The zero-order valence-corrected chi connectivity index (χ0v) is 34.3. The summed E-state index contributed by atoms with van der Waals surface area (Å²) in [6, 6.07) is 20.8. The number of unbranched alkanes of at least 4 members (excludes halogenated alkanes) is 7. The number of carbonyl (C=O) groups excluding carboxylic acids is 1. The van der Waals surface area contributed by atoms with Crippen molar-refractivity contribution >= 4 is 17.3 Å². The van der Waals surface area contributed by atoms with Crippen molar-refractivity contribution in [2.24, 2.45) is 5.16 Å². The molecule has 0 saturated heterocycles. The normalized spacial score (nSPS) is 15.6. The van der Waals surface area contributed by atoms with Crippen molar-refractivity contribution in [1.82, 2.24) is 5.32 Å². The van der Waals surface area contributed by atoms with Crippen molar-refractivity contribution in [3.63, 3.8) is 0 Å². The van der Waals surface area contributed by atoms with Gasteiger partial charge in [-0.1, -0.05) is 61.9 Å². The third kappa shape index (κ3) is 9.93. The lowest BCUT2D eigenvalue weighted by Gasteiger charge is -2.28. The quantitative estimate of drug-likeness (QED) is 0.0738. The monoisotopic (exact) mass is 797 g/mol. The SMILES string of the molecule is COc1cc(C2NC(=O)c3ccccc3N2)ccc1OCCCCCCCCCCOc1c(OC)cc(C2=NOC(c3cc(OC)c(OC)c(OC)c3)C2)cc1OC. The summed E-state index contributed by atoms with van der Waals surface area (Å²) in [7, 11) is 9.62. The Labute approximate surface area is 340 Å². The predicted molar refractivity (Wildman–Crippen MR) is 222 cm³/mol. The molecule has 0 saturated carbocycles. The molecule has 2 atom stereocenters. The molecule has 1 amide bonds. The van der Waals surface area contributed by atoms with Gasteiger partial charge < -0.3 is 53.4 Å². The van der Waals surface area contributed by atoms with Gasteiger partial charge >= 0.3 is 0 Å². The summed E-state index contributed by atoms with van der Waals surface area (Å²) in [6.07, 6.45) is 8.57. The lowest BCUT2D eigenvalue weighted by Crippen LogP contribution is -2.38. The minimum absolute atomic E-state index is 0.106. The summed E-state index contributed by atoms with van der Waals surface area (Å²) in [5.41, 5.74) is 4.78. The van der Waals surface area contributed by atoms with Crippen LogP contribution in [-0.4, -0.2) is 67.5 Å². The Hall–Kier alpha value is -5.98. The number of anilines is 1. The highest BCUT2D eigenvalue weighted by atomic mass is 16.6. The molecule has 13 nitrogen and oxygen atoms in total. The molecule has 13 heteroatoms. The van der Waals surface area contributed by atoms with Crippen LogP contribution < -0.4 is 48.5 Å². The number of amides is 1. The number of hydrogen-bond acceptors (Lipinski definition) is 12. The van der Waals surface area contributed by atoms with Gasteiger partial charge in [0.1, 0.15) is 6.17 Å². The van der Waals surface area contributed by atoms with Crippen LogP contribution in [-0.2, 0) is 4.84 Å². The first-order chi connectivity index (χ1) is 28.4. The summed E-state index contributed by atoms with van der Waals surface area (Å²) in [5.74, 6) is 4.58. The van der Waals surface area contributed by atoms with Crippen LogP contribution in [0.15, 0.2) is 71.9 Å². The largest absolute Gasteiger partial charge is 0.493 e. The zero-order valence-electron chi connectivity index (χ0n) is 34.3. The van der Waals surface area contributed by atoms with Crippen LogP contribution in [0.25, 0.3) is 0 Å². The number of nitrogens with zero attached hydrogens (tertiary/aromatic N) is 1. The van der Waals surface area contributed by atoms with E-state index in [1.807, 2.05) is 66.7 Å². The van der Waals surface area contributed by atoms with E-state index in [2.05, 4.69) is 15.8 Å². The lowest BCUT2D eigenvalue weighted by molar-refractivity contribution is 0.0853. The Balaban J connectivity index is 0.876. The van der Waals surface area contributed by atoms with Gasteiger partial charge in [0.2, 0.25) is 11.5 Å². The molecule has 0 bridgehead atoms. The highest BCUT2D eigenvalue weighted by Crippen LogP contribution is 2.44. The molecular formula is C45H55N3O10. The highest BCUT2D eigenvalue weighted by Gasteiger charge is 2.29. The first-order valence-corrected chi connectivity index (χ1v) is 19.8. The Morgan fingerprint density at radius 2 is 1.16 bits per heavy atom. The topological polar surface area (TPSA) is 137 Å².